The lowest BCUT2D eigenvalue weighted by molar-refractivity contribution is -0.385. The molecule has 0 spiro atoms. The number of rotatable bonds is 7. The van der Waals surface area contributed by atoms with Gasteiger partial charge >= 0.3 is 5.69 Å². The maximum atomic E-state index is 12.2. The number of para-hydroxylation sites is 2. The van der Waals surface area contributed by atoms with Crippen molar-refractivity contribution in [3.05, 3.63) is 82.4 Å². The van der Waals surface area contributed by atoms with Crippen LogP contribution >= 0.6 is 0 Å². The molecule has 0 radical (unpaired) electrons. The Kier molecular flexibility index (Phi) is 5.61. The standard InChI is InChI=1S/C23H19N3O5/c1-2-15-7-9-16(10-8-15)23-25-18-13-17(11-12-20(18)31-23)24-22(27)14-30-21-6-4-3-5-19(21)26(28)29/h3-13H,2,14H2,1H3,(H,24,27). The van der Waals surface area contributed by atoms with Crippen molar-refractivity contribution in [2.24, 2.45) is 0 Å². The van der Waals surface area contributed by atoms with Crippen molar-refractivity contribution in [2.45, 2.75) is 13.3 Å². The first-order chi connectivity index (χ1) is 15.0. The molecule has 0 fully saturated rings. The molecule has 156 valence electrons. The maximum absolute atomic E-state index is 12.2. The van der Waals surface area contributed by atoms with Crippen molar-refractivity contribution in [1.29, 1.82) is 0 Å². The van der Waals surface area contributed by atoms with Crippen molar-refractivity contribution < 1.29 is 18.9 Å². The van der Waals surface area contributed by atoms with E-state index in [4.69, 9.17) is 9.15 Å². The molecule has 1 amide bonds. The Bertz CT molecular complexity index is 1250. The molecule has 0 saturated heterocycles. The molecule has 0 saturated carbocycles. The van der Waals surface area contributed by atoms with Gasteiger partial charge in [-0.15, -0.1) is 0 Å². The number of oxazole rings is 1. The van der Waals surface area contributed by atoms with Gasteiger partial charge in [-0.1, -0.05) is 31.2 Å². The smallest absolute Gasteiger partial charge is 0.310 e. The lowest BCUT2D eigenvalue weighted by Crippen LogP contribution is -2.20. The van der Waals surface area contributed by atoms with Crippen LogP contribution in [0.1, 0.15) is 12.5 Å². The summed E-state index contributed by atoms with van der Waals surface area (Å²) in [6.45, 7) is 1.73. The zero-order valence-electron chi connectivity index (χ0n) is 16.7. The number of carbonyl (C=O) groups is 1. The minimum Gasteiger partial charge on any atom is -0.477 e. The van der Waals surface area contributed by atoms with Crippen LogP contribution in [0, 0.1) is 10.1 Å². The van der Waals surface area contributed by atoms with Gasteiger partial charge in [-0.3, -0.25) is 14.9 Å². The van der Waals surface area contributed by atoms with Gasteiger partial charge in [0.2, 0.25) is 5.89 Å². The van der Waals surface area contributed by atoms with Crippen molar-refractivity contribution in [3.63, 3.8) is 0 Å². The summed E-state index contributed by atoms with van der Waals surface area (Å²) in [6, 6.07) is 19.0. The minimum atomic E-state index is -0.556. The second-order valence-electron chi connectivity index (χ2n) is 6.81. The number of hydrogen-bond acceptors (Lipinski definition) is 6. The second-order valence-corrected chi connectivity index (χ2v) is 6.81. The molecule has 0 bridgehead atoms. The average Bonchev–Trinajstić information content (AvgIpc) is 3.21. The van der Waals surface area contributed by atoms with E-state index in [-0.39, 0.29) is 18.0 Å². The van der Waals surface area contributed by atoms with E-state index in [9.17, 15) is 14.9 Å². The second kappa shape index (κ2) is 8.66. The van der Waals surface area contributed by atoms with Crippen LogP contribution < -0.4 is 10.1 Å². The average molecular weight is 417 g/mol. The van der Waals surface area contributed by atoms with E-state index in [0.717, 1.165) is 12.0 Å². The van der Waals surface area contributed by atoms with Crippen LogP contribution in [0.4, 0.5) is 11.4 Å². The minimum absolute atomic E-state index is 0.0355. The number of nitrogens with zero attached hydrogens (tertiary/aromatic N) is 2. The summed E-state index contributed by atoms with van der Waals surface area (Å²) in [6.07, 6.45) is 0.957. The number of carbonyl (C=O) groups excluding carboxylic acids is 1. The van der Waals surface area contributed by atoms with Gasteiger partial charge in [0.25, 0.3) is 5.91 Å². The molecule has 3 aromatic carbocycles. The molecule has 1 aromatic heterocycles. The highest BCUT2D eigenvalue weighted by Crippen LogP contribution is 2.27. The lowest BCUT2D eigenvalue weighted by Gasteiger charge is -2.07. The van der Waals surface area contributed by atoms with Crippen molar-refractivity contribution in [1.82, 2.24) is 4.98 Å². The van der Waals surface area contributed by atoms with E-state index < -0.39 is 10.8 Å². The molecular formula is C23H19N3O5. The van der Waals surface area contributed by atoms with Crippen LogP contribution in [0.25, 0.3) is 22.6 Å². The van der Waals surface area contributed by atoms with Gasteiger partial charge in [0, 0.05) is 17.3 Å². The zero-order valence-corrected chi connectivity index (χ0v) is 16.7. The van der Waals surface area contributed by atoms with Crippen LogP contribution in [0.15, 0.2) is 71.1 Å². The predicted molar refractivity (Wildman–Crippen MR) is 116 cm³/mol. The maximum Gasteiger partial charge on any atom is 0.310 e. The van der Waals surface area contributed by atoms with E-state index in [1.165, 1.54) is 23.8 Å². The Labute approximate surface area is 177 Å². The van der Waals surface area contributed by atoms with Crippen molar-refractivity contribution >= 4 is 28.4 Å². The normalized spacial score (nSPS) is 10.7. The van der Waals surface area contributed by atoms with E-state index in [1.807, 2.05) is 24.3 Å². The molecule has 0 aliphatic rings. The topological polar surface area (TPSA) is 108 Å². The molecule has 8 heteroatoms. The van der Waals surface area contributed by atoms with Gasteiger partial charge in [-0.25, -0.2) is 4.98 Å². The predicted octanol–water partition coefficient (Wildman–Crippen LogP) is 4.98. The lowest BCUT2D eigenvalue weighted by atomic mass is 10.1. The van der Waals surface area contributed by atoms with Gasteiger partial charge in [0.15, 0.2) is 17.9 Å². The molecule has 31 heavy (non-hydrogen) atoms. The Morgan fingerprint density at radius 2 is 1.90 bits per heavy atom. The molecule has 4 rings (SSSR count). The number of nitrogens with one attached hydrogen (secondary N) is 1. The number of anilines is 1. The molecule has 1 N–H and O–H groups in total. The third-order valence-electron chi connectivity index (χ3n) is 4.70. The summed E-state index contributed by atoms with van der Waals surface area (Å²) < 4.78 is 11.1. The Morgan fingerprint density at radius 1 is 1.13 bits per heavy atom. The number of nitro benzene ring substituents is 1. The Hall–Kier alpha value is -4.20. The summed E-state index contributed by atoms with van der Waals surface area (Å²) in [5, 5.41) is 13.7. The number of ether oxygens (including phenoxy) is 1. The largest absolute Gasteiger partial charge is 0.477 e. The van der Waals surface area contributed by atoms with E-state index in [2.05, 4.69) is 17.2 Å². The van der Waals surface area contributed by atoms with Crippen molar-refractivity contribution in [2.75, 3.05) is 11.9 Å². The van der Waals surface area contributed by atoms with Gasteiger partial charge in [0.05, 0.1) is 4.92 Å². The third-order valence-corrected chi connectivity index (χ3v) is 4.70. The van der Waals surface area contributed by atoms with Gasteiger partial charge in [-0.2, -0.15) is 0 Å². The fraction of sp³-hybridized carbons (Fsp3) is 0.130. The van der Waals surface area contributed by atoms with E-state index in [0.29, 0.717) is 22.7 Å². The highest BCUT2D eigenvalue weighted by Gasteiger charge is 2.15. The first-order valence-corrected chi connectivity index (χ1v) is 9.69. The van der Waals surface area contributed by atoms with Crippen LogP contribution in [0.5, 0.6) is 5.75 Å². The van der Waals surface area contributed by atoms with E-state index >= 15 is 0 Å². The number of nitro groups is 1. The SMILES string of the molecule is CCc1ccc(-c2nc3cc(NC(=O)COc4ccccc4[N+](=O)[O-])ccc3o2)cc1. The number of fused-ring (bicyclic) bond motifs is 1. The highest BCUT2D eigenvalue weighted by atomic mass is 16.6. The van der Waals surface area contributed by atoms with Crippen LogP contribution in [0.2, 0.25) is 0 Å². The summed E-state index contributed by atoms with van der Waals surface area (Å²) in [4.78, 5) is 27.2. The molecule has 1 heterocycles. The zero-order chi connectivity index (χ0) is 21.8. The van der Waals surface area contributed by atoms with Gasteiger partial charge < -0.3 is 14.5 Å². The highest BCUT2D eigenvalue weighted by molar-refractivity contribution is 5.94. The number of aromatic nitrogens is 1. The van der Waals surface area contributed by atoms with Gasteiger partial charge in [-0.05, 0) is 48.4 Å². The first-order valence-electron chi connectivity index (χ1n) is 9.69. The van der Waals surface area contributed by atoms with Crippen LogP contribution in [-0.4, -0.2) is 22.4 Å². The van der Waals surface area contributed by atoms with Gasteiger partial charge in [0.1, 0.15) is 5.52 Å². The molecule has 4 aromatic rings. The molecule has 0 aliphatic carbocycles. The fourth-order valence-corrected chi connectivity index (χ4v) is 3.08. The third kappa shape index (κ3) is 4.53. The fourth-order valence-electron chi connectivity index (χ4n) is 3.08. The van der Waals surface area contributed by atoms with Crippen molar-refractivity contribution in [3.8, 4) is 17.2 Å². The molecular weight excluding hydrogens is 398 g/mol. The van der Waals surface area contributed by atoms with E-state index in [1.54, 1.807) is 24.3 Å². The number of benzene rings is 3. The first kappa shape index (κ1) is 20.1. The molecule has 0 aliphatic heterocycles. The summed E-state index contributed by atoms with van der Waals surface area (Å²) in [7, 11) is 0. The van der Waals surface area contributed by atoms with Crippen LogP contribution in [-0.2, 0) is 11.2 Å². The number of aryl methyl sites for hydroxylation is 1. The number of hydrogen-bond donors (Lipinski definition) is 1. The summed E-state index contributed by atoms with van der Waals surface area (Å²) in [5.74, 6) is 0.0885. The Morgan fingerprint density at radius 3 is 2.65 bits per heavy atom. The quantitative estimate of drug-likeness (QED) is 0.335. The summed E-state index contributed by atoms with van der Waals surface area (Å²) >= 11 is 0. The Balaban J connectivity index is 1.45. The van der Waals surface area contributed by atoms with Crippen LogP contribution in [0.3, 0.4) is 0 Å². The molecule has 0 atom stereocenters. The molecule has 0 unspecified atom stereocenters. The summed E-state index contributed by atoms with van der Waals surface area (Å²) in [5.41, 5.74) is 3.63. The number of amides is 1. The monoisotopic (exact) mass is 417 g/mol. The molecule has 8 nitrogen and oxygen atoms in total.